The van der Waals surface area contributed by atoms with Crippen molar-refractivity contribution in [1.82, 2.24) is 15.6 Å². The number of hydrogen-bond donors (Lipinski definition) is 2. The van der Waals surface area contributed by atoms with Gasteiger partial charge in [0.1, 0.15) is 11.6 Å². The van der Waals surface area contributed by atoms with Gasteiger partial charge in [0.25, 0.3) is 0 Å². The van der Waals surface area contributed by atoms with Gasteiger partial charge in [0.15, 0.2) is 5.96 Å². The molecule has 0 aliphatic carbocycles. The number of methoxy groups -OCH3 is 1. The highest BCUT2D eigenvalue weighted by Crippen LogP contribution is 2.12. The zero-order chi connectivity index (χ0) is 18.8. The van der Waals surface area contributed by atoms with E-state index in [4.69, 9.17) is 4.74 Å². The van der Waals surface area contributed by atoms with E-state index in [0.29, 0.717) is 6.54 Å². The highest BCUT2D eigenvalue weighted by Gasteiger charge is 2.01. The Morgan fingerprint density at radius 1 is 1.11 bits per heavy atom. The van der Waals surface area contributed by atoms with Gasteiger partial charge in [-0.05, 0) is 48.7 Å². The lowest BCUT2D eigenvalue weighted by Gasteiger charge is -2.13. The monoisotopic (exact) mass is 483 g/mol. The molecule has 148 valence electrons. The van der Waals surface area contributed by atoms with Crippen LogP contribution >= 0.6 is 24.0 Å². The topological polar surface area (TPSA) is 61.8 Å². The first-order chi connectivity index (χ1) is 12.6. The minimum atomic E-state index is 0. The molecular formula is C20H30IN5O. The summed E-state index contributed by atoms with van der Waals surface area (Å²) in [5, 5.41) is 6.67. The second-order valence-corrected chi connectivity index (χ2v) is 6.14. The van der Waals surface area contributed by atoms with Gasteiger partial charge in [-0.25, -0.2) is 9.98 Å². The SMILES string of the molecule is CCNC(=NCc1ccnc(N(C)C)c1)NCCc1ccc(OC)cc1.I. The van der Waals surface area contributed by atoms with Crippen LogP contribution in [-0.4, -0.2) is 45.2 Å². The Bertz CT molecular complexity index is 704. The Labute approximate surface area is 179 Å². The number of nitrogens with one attached hydrogen (secondary N) is 2. The van der Waals surface area contributed by atoms with Crippen molar-refractivity contribution in [2.45, 2.75) is 19.9 Å². The summed E-state index contributed by atoms with van der Waals surface area (Å²) in [5.74, 6) is 2.64. The largest absolute Gasteiger partial charge is 0.497 e. The van der Waals surface area contributed by atoms with Crippen LogP contribution in [0.15, 0.2) is 47.6 Å². The van der Waals surface area contributed by atoms with E-state index < -0.39 is 0 Å². The number of guanidine groups is 1. The van der Waals surface area contributed by atoms with Crippen LogP contribution in [0.4, 0.5) is 5.82 Å². The molecule has 7 heteroatoms. The maximum atomic E-state index is 5.19. The van der Waals surface area contributed by atoms with E-state index in [0.717, 1.165) is 42.6 Å². The number of nitrogens with zero attached hydrogens (tertiary/aromatic N) is 3. The third-order valence-electron chi connectivity index (χ3n) is 3.90. The van der Waals surface area contributed by atoms with Gasteiger partial charge in [-0.1, -0.05) is 12.1 Å². The fourth-order valence-corrected chi connectivity index (χ4v) is 2.43. The standard InChI is InChI=1S/C20H29N5O.HI/c1-5-21-20(23-13-10-16-6-8-18(26-4)9-7-16)24-15-17-11-12-22-19(14-17)25(2)3;/h6-9,11-12,14H,5,10,13,15H2,1-4H3,(H2,21,23,24);1H. The van der Waals surface area contributed by atoms with Gasteiger partial charge >= 0.3 is 0 Å². The first-order valence-corrected chi connectivity index (χ1v) is 8.89. The van der Waals surface area contributed by atoms with E-state index in [1.807, 2.05) is 43.4 Å². The normalized spacial score (nSPS) is 10.7. The minimum absolute atomic E-state index is 0. The maximum Gasteiger partial charge on any atom is 0.191 e. The number of rotatable bonds is 8. The van der Waals surface area contributed by atoms with Crippen LogP contribution in [0.2, 0.25) is 0 Å². The summed E-state index contributed by atoms with van der Waals surface area (Å²) < 4.78 is 5.19. The van der Waals surface area contributed by atoms with Gasteiger partial charge in [-0.3, -0.25) is 0 Å². The van der Waals surface area contributed by atoms with Gasteiger partial charge in [0.05, 0.1) is 13.7 Å². The molecule has 2 rings (SSSR count). The first kappa shape index (κ1) is 23.0. The number of aliphatic imine (C=N–C) groups is 1. The number of hydrogen-bond acceptors (Lipinski definition) is 4. The molecular weight excluding hydrogens is 453 g/mol. The molecule has 2 N–H and O–H groups in total. The van der Waals surface area contributed by atoms with Crippen LogP contribution in [0, 0.1) is 0 Å². The highest BCUT2D eigenvalue weighted by atomic mass is 127. The van der Waals surface area contributed by atoms with Crippen molar-refractivity contribution in [3.8, 4) is 5.75 Å². The van der Waals surface area contributed by atoms with Crippen molar-refractivity contribution in [1.29, 1.82) is 0 Å². The van der Waals surface area contributed by atoms with E-state index >= 15 is 0 Å². The fraction of sp³-hybridized carbons (Fsp3) is 0.400. The predicted molar refractivity (Wildman–Crippen MR) is 123 cm³/mol. The van der Waals surface area contributed by atoms with Crippen molar-refractivity contribution in [3.63, 3.8) is 0 Å². The Morgan fingerprint density at radius 2 is 1.85 bits per heavy atom. The number of aromatic nitrogens is 1. The van der Waals surface area contributed by atoms with E-state index in [2.05, 4.69) is 45.7 Å². The molecule has 0 radical (unpaired) electrons. The van der Waals surface area contributed by atoms with Crippen LogP contribution < -0.4 is 20.3 Å². The lowest BCUT2D eigenvalue weighted by Crippen LogP contribution is -2.38. The van der Waals surface area contributed by atoms with E-state index in [1.54, 1.807) is 7.11 Å². The van der Waals surface area contributed by atoms with Crippen molar-refractivity contribution >= 4 is 35.8 Å². The van der Waals surface area contributed by atoms with Crippen molar-refractivity contribution in [2.75, 3.05) is 39.2 Å². The molecule has 1 aromatic heterocycles. The number of halogens is 1. The molecule has 0 aliphatic rings. The minimum Gasteiger partial charge on any atom is -0.497 e. The van der Waals surface area contributed by atoms with Gasteiger partial charge < -0.3 is 20.3 Å². The number of benzene rings is 1. The molecule has 0 unspecified atom stereocenters. The molecule has 27 heavy (non-hydrogen) atoms. The summed E-state index contributed by atoms with van der Waals surface area (Å²) in [6, 6.07) is 12.2. The molecule has 0 saturated carbocycles. The van der Waals surface area contributed by atoms with Gasteiger partial charge in [0, 0.05) is 33.4 Å². The van der Waals surface area contributed by atoms with Gasteiger partial charge in [-0.15, -0.1) is 24.0 Å². The van der Waals surface area contributed by atoms with Gasteiger partial charge in [0.2, 0.25) is 0 Å². The van der Waals surface area contributed by atoms with Crippen molar-refractivity contribution in [2.24, 2.45) is 4.99 Å². The fourth-order valence-electron chi connectivity index (χ4n) is 2.43. The molecule has 0 saturated heterocycles. The summed E-state index contributed by atoms with van der Waals surface area (Å²) >= 11 is 0. The van der Waals surface area contributed by atoms with Gasteiger partial charge in [-0.2, -0.15) is 0 Å². The summed E-state index contributed by atoms with van der Waals surface area (Å²) in [5.41, 5.74) is 2.40. The number of pyridine rings is 1. The molecule has 0 fully saturated rings. The molecule has 0 spiro atoms. The number of ether oxygens (including phenoxy) is 1. The van der Waals surface area contributed by atoms with Crippen LogP contribution in [0.25, 0.3) is 0 Å². The van der Waals surface area contributed by atoms with Crippen molar-refractivity contribution in [3.05, 3.63) is 53.7 Å². The van der Waals surface area contributed by atoms with E-state index in [1.165, 1.54) is 5.56 Å². The van der Waals surface area contributed by atoms with Crippen LogP contribution in [0.3, 0.4) is 0 Å². The molecule has 6 nitrogen and oxygen atoms in total. The second-order valence-electron chi connectivity index (χ2n) is 6.14. The Morgan fingerprint density at radius 3 is 2.48 bits per heavy atom. The smallest absolute Gasteiger partial charge is 0.191 e. The summed E-state index contributed by atoms with van der Waals surface area (Å²) in [7, 11) is 5.65. The lowest BCUT2D eigenvalue weighted by molar-refractivity contribution is 0.414. The van der Waals surface area contributed by atoms with Crippen LogP contribution in [-0.2, 0) is 13.0 Å². The molecule has 0 bridgehead atoms. The maximum absolute atomic E-state index is 5.19. The summed E-state index contributed by atoms with van der Waals surface area (Å²) in [6.45, 7) is 4.32. The van der Waals surface area contributed by atoms with Crippen LogP contribution in [0.5, 0.6) is 5.75 Å². The Kier molecular flexibility index (Phi) is 10.5. The molecule has 2 aromatic rings. The average molecular weight is 483 g/mol. The van der Waals surface area contributed by atoms with Crippen molar-refractivity contribution < 1.29 is 4.74 Å². The third-order valence-corrected chi connectivity index (χ3v) is 3.90. The quantitative estimate of drug-likeness (QED) is 0.344. The molecule has 0 aliphatic heterocycles. The summed E-state index contributed by atoms with van der Waals surface area (Å²) in [4.78, 5) is 11.0. The summed E-state index contributed by atoms with van der Waals surface area (Å²) in [6.07, 6.45) is 2.75. The second kappa shape index (κ2) is 12.4. The zero-order valence-electron chi connectivity index (χ0n) is 16.5. The number of anilines is 1. The molecule has 0 atom stereocenters. The highest BCUT2D eigenvalue weighted by molar-refractivity contribution is 14.0. The average Bonchev–Trinajstić information content (AvgIpc) is 2.67. The molecule has 1 heterocycles. The van der Waals surface area contributed by atoms with E-state index in [-0.39, 0.29) is 24.0 Å². The molecule has 1 aromatic carbocycles. The third kappa shape index (κ3) is 8.03. The lowest BCUT2D eigenvalue weighted by atomic mass is 10.1. The van der Waals surface area contributed by atoms with E-state index in [9.17, 15) is 0 Å². The Hall–Kier alpha value is -2.03. The predicted octanol–water partition coefficient (Wildman–Crippen LogP) is 3.07. The van der Waals surface area contributed by atoms with Crippen LogP contribution in [0.1, 0.15) is 18.1 Å². The Balaban J connectivity index is 0.00000364. The first-order valence-electron chi connectivity index (χ1n) is 8.89. The zero-order valence-corrected chi connectivity index (χ0v) is 18.9. The molecule has 0 amide bonds.